The van der Waals surface area contributed by atoms with Gasteiger partial charge in [0.2, 0.25) is 0 Å². The Bertz CT molecular complexity index is 2270. The number of ketones is 1. The van der Waals surface area contributed by atoms with Crippen molar-refractivity contribution >= 4 is 61.6 Å². The van der Waals surface area contributed by atoms with Crippen LogP contribution in [0, 0.1) is 30.1 Å². The van der Waals surface area contributed by atoms with E-state index in [4.69, 9.17) is 11.6 Å². The smallest absolute Gasteiger partial charge is 0.338 e. The number of carboxylic acid groups (broad SMARTS) is 1. The Morgan fingerprint density at radius 1 is 1.19 bits per heavy atom. The summed E-state index contributed by atoms with van der Waals surface area (Å²) in [7, 11) is 1.88. The fourth-order valence-electron chi connectivity index (χ4n) is 6.18. The fourth-order valence-corrected chi connectivity index (χ4v) is 7.38. The minimum atomic E-state index is -1.05. The summed E-state index contributed by atoms with van der Waals surface area (Å²) in [6.45, 7) is 5.25. The first-order chi connectivity index (χ1) is 23.1. The van der Waals surface area contributed by atoms with Crippen molar-refractivity contribution in [1.82, 2.24) is 24.4 Å². The van der Waals surface area contributed by atoms with Gasteiger partial charge in [-0.1, -0.05) is 23.4 Å². The van der Waals surface area contributed by atoms with Gasteiger partial charge in [-0.05, 0) is 51.0 Å². The van der Waals surface area contributed by atoms with Crippen LogP contribution in [0.4, 0.5) is 5.82 Å². The third-order valence-corrected chi connectivity index (χ3v) is 9.82. The predicted octanol–water partition coefficient (Wildman–Crippen LogP) is 5.14. The van der Waals surface area contributed by atoms with E-state index in [1.165, 1.54) is 22.1 Å². The highest BCUT2D eigenvalue weighted by Crippen LogP contribution is 2.36. The number of piperidine rings is 1. The number of halogens is 1. The van der Waals surface area contributed by atoms with E-state index in [1.807, 2.05) is 11.9 Å². The van der Waals surface area contributed by atoms with Crippen molar-refractivity contribution < 1.29 is 14.7 Å². The summed E-state index contributed by atoms with van der Waals surface area (Å²) in [4.78, 5) is 54.8. The molecule has 0 aliphatic carbocycles. The summed E-state index contributed by atoms with van der Waals surface area (Å²) in [6, 6.07) is 9.38. The van der Waals surface area contributed by atoms with Crippen molar-refractivity contribution in [3.05, 3.63) is 79.9 Å². The molecule has 1 fully saturated rings. The van der Waals surface area contributed by atoms with E-state index < -0.39 is 5.97 Å². The minimum absolute atomic E-state index is 0.0105. The number of carbonyl (C=O) groups is 2. The van der Waals surface area contributed by atoms with Gasteiger partial charge in [-0.2, -0.15) is 5.26 Å². The topological polar surface area (TPSA) is 145 Å². The molecule has 5 heterocycles. The quantitative estimate of drug-likeness (QED) is 0.230. The van der Waals surface area contributed by atoms with Crippen LogP contribution in [-0.2, 0) is 11.3 Å². The number of carbonyl (C=O) groups excluding carboxylic acids is 1. The van der Waals surface area contributed by atoms with Gasteiger partial charge in [-0.3, -0.25) is 24.0 Å². The zero-order chi connectivity index (χ0) is 34.1. The van der Waals surface area contributed by atoms with E-state index in [0.29, 0.717) is 50.1 Å². The van der Waals surface area contributed by atoms with Gasteiger partial charge >= 0.3 is 5.97 Å². The average Bonchev–Trinajstić information content (AvgIpc) is 3.51. The molecule has 13 heteroatoms. The lowest BCUT2D eigenvalue weighted by Gasteiger charge is -2.37. The third kappa shape index (κ3) is 6.26. The van der Waals surface area contributed by atoms with Crippen LogP contribution >= 0.6 is 22.9 Å². The molecular formula is C35H30ClN7O4S. The molecule has 0 radical (unpaired) electrons. The Balaban J connectivity index is 1.34. The number of nitriles is 1. The highest BCUT2D eigenvalue weighted by Gasteiger charge is 2.27. The number of anilines is 1. The van der Waals surface area contributed by atoms with Gasteiger partial charge in [0.25, 0.3) is 5.56 Å². The van der Waals surface area contributed by atoms with Crippen LogP contribution in [-0.4, -0.2) is 74.0 Å². The zero-order valence-corrected chi connectivity index (χ0v) is 28.0. The molecule has 0 atom stereocenters. The number of aromatic carboxylic acids is 1. The number of thiophene rings is 1. The van der Waals surface area contributed by atoms with Crippen LogP contribution in [0.15, 0.2) is 46.8 Å². The lowest BCUT2D eigenvalue weighted by Crippen LogP contribution is -2.45. The Kier molecular flexibility index (Phi) is 9.24. The molecule has 1 N–H and O–H groups in total. The van der Waals surface area contributed by atoms with Crippen molar-refractivity contribution in [2.75, 3.05) is 31.6 Å². The first-order valence-electron chi connectivity index (χ1n) is 15.2. The molecule has 11 nitrogen and oxygen atoms in total. The average molecular weight is 680 g/mol. The number of hydrogen-bond acceptors (Lipinski definition) is 10. The number of nitrogens with zero attached hydrogens (tertiary/aromatic N) is 7. The number of hydrogen-bond donors (Lipinski definition) is 1. The Hall–Kier alpha value is -5.14. The highest BCUT2D eigenvalue weighted by molar-refractivity contribution is 7.18. The number of aryl methyl sites for hydroxylation is 1. The molecule has 0 amide bonds. The van der Waals surface area contributed by atoms with Crippen molar-refractivity contribution in [2.24, 2.45) is 0 Å². The van der Waals surface area contributed by atoms with E-state index in [1.54, 1.807) is 49.7 Å². The molecule has 242 valence electrons. The second-order valence-electron chi connectivity index (χ2n) is 11.7. The van der Waals surface area contributed by atoms with Gasteiger partial charge in [0.05, 0.1) is 46.0 Å². The third-order valence-electron chi connectivity index (χ3n) is 8.58. The summed E-state index contributed by atoms with van der Waals surface area (Å²) in [5.41, 5.74) is 2.72. The van der Waals surface area contributed by atoms with Gasteiger partial charge in [-0.25, -0.2) is 14.8 Å². The second kappa shape index (κ2) is 13.5. The first kappa shape index (κ1) is 32.8. The summed E-state index contributed by atoms with van der Waals surface area (Å²) in [6.07, 6.45) is 4.69. The van der Waals surface area contributed by atoms with E-state index in [0.717, 1.165) is 31.5 Å². The van der Waals surface area contributed by atoms with Crippen LogP contribution in [0.25, 0.3) is 32.2 Å². The Labute approximate surface area is 285 Å². The van der Waals surface area contributed by atoms with E-state index >= 15 is 0 Å². The Morgan fingerprint density at radius 3 is 2.67 bits per heavy atom. The maximum absolute atomic E-state index is 14.0. The molecule has 1 aromatic carbocycles. The molecule has 1 saturated heterocycles. The van der Waals surface area contributed by atoms with Crippen molar-refractivity contribution in [2.45, 2.75) is 39.3 Å². The molecular weight excluding hydrogens is 650 g/mol. The molecule has 0 unspecified atom stereocenters. The Morgan fingerprint density at radius 2 is 1.96 bits per heavy atom. The van der Waals surface area contributed by atoms with E-state index in [-0.39, 0.29) is 40.4 Å². The van der Waals surface area contributed by atoms with Gasteiger partial charge in [0.1, 0.15) is 29.1 Å². The van der Waals surface area contributed by atoms with Crippen molar-refractivity contribution in [3.63, 3.8) is 0 Å². The molecule has 0 spiro atoms. The monoisotopic (exact) mass is 679 g/mol. The largest absolute Gasteiger partial charge is 0.478 e. The minimum Gasteiger partial charge on any atom is -0.478 e. The number of carboxylic acids is 1. The van der Waals surface area contributed by atoms with E-state index in [9.17, 15) is 24.8 Å². The molecule has 0 bridgehead atoms. The first-order valence-corrected chi connectivity index (χ1v) is 16.5. The molecule has 4 aromatic heterocycles. The van der Waals surface area contributed by atoms with Crippen LogP contribution in [0.1, 0.15) is 47.1 Å². The van der Waals surface area contributed by atoms with Gasteiger partial charge in [0.15, 0.2) is 0 Å². The molecule has 6 rings (SSSR count). The number of pyridine rings is 2. The molecule has 5 aromatic rings. The van der Waals surface area contributed by atoms with Crippen LogP contribution < -0.4 is 10.5 Å². The SMILES string of the molecule is CC(=O)CN1CCC(N(C)c2ncc3nc(C)n(CC#Cc4ccc(Cl)cc4-c4ccnc5c(C(=O)O)csc45)c(=O)c3c2C#N)CC1. The van der Waals surface area contributed by atoms with E-state index in [2.05, 4.69) is 37.8 Å². The van der Waals surface area contributed by atoms with Crippen LogP contribution in [0.5, 0.6) is 0 Å². The van der Waals surface area contributed by atoms with Crippen LogP contribution in [0.3, 0.4) is 0 Å². The maximum atomic E-state index is 14.0. The number of rotatable bonds is 7. The summed E-state index contributed by atoms with van der Waals surface area (Å²) < 4.78 is 2.14. The van der Waals surface area contributed by atoms with Gasteiger partial charge < -0.3 is 10.0 Å². The predicted molar refractivity (Wildman–Crippen MR) is 186 cm³/mol. The highest BCUT2D eigenvalue weighted by atomic mass is 35.5. The molecule has 1 aliphatic rings. The number of fused-ring (bicyclic) bond motifs is 2. The van der Waals surface area contributed by atoms with Crippen LogP contribution in [0.2, 0.25) is 5.02 Å². The summed E-state index contributed by atoms with van der Waals surface area (Å²) >= 11 is 7.66. The molecule has 48 heavy (non-hydrogen) atoms. The lowest BCUT2D eigenvalue weighted by molar-refractivity contribution is -0.118. The standard InChI is InChI=1S/C35H30ClN7O4S/c1-20(44)18-42-13-9-24(10-14-42)41(3)33-27(16-37)30-29(17-39-33)40-21(2)43(34(30)45)12-4-5-22-6-7-23(36)15-26(22)25-8-11-38-31-28(35(46)47)19-48-32(25)31/h6-8,11,15,17,19,24H,9-10,12-14,18H2,1-3H3,(H,46,47). The molecule has 0 saturated carbocycles. The number of Topliss-reactive ketones (excluding diaryl/α,β-unsaturated/α-hetero) is 1. The number of likely N-dealkylation sites (tertiary alicyclic amines) is 1. The second-order valence-corrected chi connectivity index (χ2v) is 13.0. The molecule has 1 aliphatic heterocycles. The summed E-state index contributed by atoms with van der Waals surface area (Å²) in [5.74, 6) is 6.19. The number of benzene rings is 1. The normalized spacial score (nSPS) is 13.6. The van der Waals surface area contributed by atoms with Gasteiger partial charge in [0, 0.05) is 59.5 Å². The van der Waals surface area contributed by atoms with Gasteiger partial charge in [-0.15, -0.1) is 11.3 Å². The number of aromatic nitrogens is 4. The summed E-state index contributed by atoms with van der Waals surface area (Å²) in [5, 5.41) is 22.1. The maximum Gasteiger partial charge on any atom is 0.338 e. The lowest BCUT2D eigenvalue weighted by atomic mass is 10.00. The fraction of sp³-hybridized carbons (Fsp3) is 0.286. The van der Waals surface area contributed by atoms with Crippen molar-refractivity contribution in [1.29, 1.82) is 5.26 Å². The van der Waals surface area contributed by atoms with Crippen molar-refractivity contribution in [3.8, 4) is 29.0 Å². The zero-order valence-electron chi connectivity index (χ0n) is 26.5.